The van der Waals surface area contributed by atoms with Crippen LogP contribution in [-0.4, -0.2) is 25.6 Å². The van der Waals surface area contributed by atoms with E-state index in [4.69, 9.17) is 34.7 Å². The Labute approximate surface area is 152 Å². The van der Waals surface area contributed by atoms with Gasteiger partial charge in [-0.25, -0.2) is 4.68 Å². The lowest BCUT2D eigenvalue weighted by molar-refractivity contribution is -0.137. The molecule has 0 bridgehead atoms. The highest BCUT2D eigenvalue weighted by Gasteiger charge is 2.33. The van der Waals surface area contributed by atoms with E-state index in [1.807, 2.05) is 0 Å². The number of aromatic nitrogens is 2. The second-order valence-corrected chi connectivity index (χ2v) is 7.25. The molecular formula is C13H11Cl2F3N4O2S. The molecule has 1 atom stereocenters. The van der Waals surface area contributed by atoms with Crippen LogP contribution in [0.5, 0.6) is 0 Å². The van der Waals surface area contributed by atoms with Crippen LogP contribution in [0.2, 0.25) is 10.0 Å². The molecule has 1 aromatic carbocycles. The number of hydrogen-bond donors (Lipinski definition) is 2. The molecule has 0 saturated heterocycles. The van der Waals surface area contributed by atoms with E-state index in [2.05, 4.69) is 5.10 Å². The van der Waals surface area contributed by atoms with Gasteiger partial charge in [0.05, 0.1) is 26.4 Å². The van der Waals surface area contributed by atoms with Crippen LogP contribution < -0.4 is 11.5 Å². The molecule has 0 fully saturated rings. The summed E-state index contributed by atoms with van der Waals surface area (Å²) in [5.41, 5.74) is 9.46. The minimum absolute atomic E-state index is 0.116. The van der Waals surface area contributed by atoms with E-state index in [9.17, 15) is 22.2 Å². The molecule has 136 valence electrons. The Bertz CT molecular complexity index is 860. The fourth-order valence-corrected chi connectivity index (χ4v) is 3.66. The van der Waals surface area contributed by atoms with Crippen molar-refractivity contribution in [2.75, 3.05) is 11.5 Å². The number of halogens is 5. The molecule has 12 heteroatoms. The van der Waals surface area contributed by atoms with Gasteiger partial charge in [-0.3, -0.25) is 9.00 Å². The molecule has 1 heterocycles. The Hall–Kier alpha value is -1.78. The third kappa shape index (κ3) is 3.60. The van der Waals surface area contributed by atoms with E-state index in [0.29, 0.717) is 12.1 Å². The number of nitrogens with two attached hydrogens (primary N) is 2. The van der Waals surface area contributed by atoms with Crippen molar-refractivity contribution in [1.82, 2.24) is 9.78 Å². The number of hydrogen-bond acceptors (Lipinski definition) is 4. The van der Waals surface area contributed by atoms with Gasteiger partial charge in [0.1, 0.15) is 16.4 Å². The predicted octanol–water partition coefficient (Wildman–Crippen LogP) is 3.01. The van der Waals surface area contributed by atoms with Gasteiger partial charge in [-0.15, -0.1) is 0 Å². The second kappa shape index (κ2) is 6.85. The molecule has 0 aliphatic heterocycles. The van der Waals surface area contributed by atoms with Gasteiger partial charge in [0, 0.05) is 5.75 Å². The molecule has 1 unspecified atom stereocenters. The van der Waals surface area contributed by atoms with Crippen LogP contribution in [0.3, 0.4) is 0 Å². The van der Waals surface area contributed by atoms with E-state index in [-0.39, 0.29) is 27.8 Å². The number of primary amides is 1. The Balaban J connectivity index is 2.76. The number of anilines is 1. The van der Waals surface area contributed by atoms with Crippen LogP contribution in [-0.2, 0) is 17.0 Å². The smallest absolute Gasteiger partial charge is 0.383 e. The zero-order chi connectivity index (χ0) is 19.1. The number of alkyl halides is 3. The van der Waals surface area contributed by atoms with Crippen LogP contribution in [0.1, 0.15) is 23.0 Å². The summed E-state index contributed by atoms with van der Waals surface area (Å²) in [6.45, 7) is 1.58. The third-order valence-electron chi connectivity index (χ3n) is 3.16. The minimum atomic E-state index is -4.66. The van der Waals surface area contributed by atoms with Crippen molar-refractivity contribution < 1.29 is 22.2 Å². The van der Waals surface area contributed by atoms with Gasteiger partial charge < -0.3 is 11.5 Å². The van der Waals surface area contributed by atoms with E-state index < -0.39 is 38.5 Å². The summed E-state index contributed by atoms with van der Waals surface area (Å²) >= 11 is 11.8. The lowest BCUT2D eigenvalue weighted by Crippen LogP contribution is -2.15. The molecule has 4 N–H and O–H groups in total. The normalized spacial score (nSPS) is 13.0. The highest BCUT2D eigenvalue weighted by atomic mass is 35.5. The molecule has 1 amide bonds. The summed E-state index contributed by atoms with van der Waals surface area (Å²) in [5.74, 6) is -1.14. The monoisotopic (exact) mass is 414 g/mol. The number of benzene rings is 1. The van der Waals surface area contributed by atoms with Crippen molar-refractivity contribution in [3.8, 4) is 5.69 Å². The maximum absolute atomic E-state index is 12.8. The van der Waals surface area contributed by atoms with Crippen LogP contribution in [0.25, 0.3) is 5.69 Å². The first-order chi connectivity index (χ1) is 11.5. The fourth-order valence-electron chi connectivity index (χ4n) is 2.05. The Kier molecular flexibility index (Phi) is 5.35. The highest BCUT2D eigenvalue weighted by Crippen LogP contribution is 2.39. The van der Waals surface area contributed by atoms with Crippen LogP contribution in [0.15, 0.2) is 17.0 Å². The molecule has 2 rings (SSSR count). The zero-order valence-corrected chi connectivity index (χ0v) is 14.9. The SMILES string of the molecule is CCS(=O)c1c(C(N)=O)nn(-c2c(Cl)cc(C(F)(F)F)cc2Cl)c1N. The third-order valence-corrected chi connectivity index (χ3v) is 5.11. The molecule has 1 aromatic heterocycles. The first-order valence-electron chi connectivity index (χ1n) is 6.62. The lowest BCUT2D eigenvalue weighted by atomic mass is 10.2. The van der Waals surface area contributed by atoms with Gasteiger partial charge in [-0.05, 0) is 12.1 Å². The van der Waals surface area contributed by atoms with E-state index in [1.165, 1.54) is 0 Å². The Morgan fingerprint density at radius 3 is 2.24 bits per heavy atom. The summed E-state index contributed by atoms with van der Waals surface area (Å²) in [4.78, 5) is 11.4. The van der Waals surface area contributed by atoms with Crippen molar-refractivity contribution >= 4 is 45.7 Å². The summed E-state index contributed by atoms with van der Waals surface area (Å²) < 4.78 is 51.4. The second-order valence-electron chi connectivity index (χ2n) is 4.76. The fraction of sp³-hybridized carbons (Fsp3) is 0.231. The number of carbonyl (C=O) groups excluding carboxylic acids is 1. The van der Waals surface area contributed by atoms with Crippen LogP contribution >= 0.6 is 23.2 Å². The standard InChI is InChI=1S/C13H11Cl2F3N4O2S/c1-2-25(24)10-8(12(20)23)21-22(11(10)19)9-6(14)3-5(4-7(9)15)13(16,17)18/h3-4H,2,19H2,1H3,(H2,20,23). The topological polar surface area (TPSA) is 104 Å². The van der Waals surface area contributed by atoms with E-state index in [1.54, 1.807) is 6.92 Å². The highest BCUT2D eigenvalue weighted by molar-refractivity contribution is 7.85. The van der Waals surface area contributed by atoms with E-state index >= 15 is 0 Å². The molecule has 0 saturated carbocycles. The first kappa shape index (κ1) is 19.5. The largest absolute Gasteiger partial charge is 0.416 e. The molecule has 2 aromatic rings. The van der Waals surface area contributed by atoms with Gasteiger partial charge in [0.15, 0.2) is 5.69 Å². The molecular weight excluding hydrogens is 404 g/mol. The number of amides is 1. The van der Waals surface area contributed by atoms with Crippen molar-refractivity contribution in [3.63, 3.8) is 0 Å². The lowest BCUT2D eigenvalue weighted by Gasteiger charge is -2.13. The van der Waals surface area contributed by atoms with Crippen molar-refractivity contribution in [2.24, 2.45) is 5.73 Å². The molecule has 0 aliphatic carbocycles. The Morgan fingerprint density at radius 2 is 1.84 bits per heavy atom. The van der Waals surface area contributed by atoms with Crippen LogP contribution in [0.4, 0.5) is 19.0 Å². The predicted molar refractivity (Wildman–Crippen MR) is 88.5 cm³/mol. The molecule has 6 nitrogen and oxygen atoms in total. The zero-order valence-electron chi connectivity index (χ0n) is 12.5. The van der Waals surface area contributed by atoms with Gasteiger partial charge in [0.25, 0.3) is 5.91 Å². The average Bonchev–Trinajstić information content (AvgIpc) is 2.83. The molecule has 25 heavy (non-hydrogen) atoms. The van der Waals surface area contributed by atoms with Crippen molar-refractivity contribution in [1.29, 1.82) is 0 Å². The van der Waals surface area contributed by atoms with E-state index in [0.717, 1.165) is 4.68 Å². The first-order valence-corrected chi connectivity index (χ1v) is 8.69. The van der Waals surface area contributed by atoms with Gasteiger partial charge >= 0.3 is 6.18 Å². The molecule has 0 aliphatic rings. The summed E-state index contributed by atoms with van der Waals surface area (Å²) in [6.07, 6.45) is -4.66. The maximum Gasteiger partial charge on any atom is 0.416 e. The molecule has 0 radical (unpaired) electrons. The summed E-state index contributed by atoms with van der Waals surface area (Å²) in [6, 6.07) is 1.29. The Morgan fingerprint density at radius 1 is 1.32 bits per heavy atom. The van der Waals surface area contributed by atoms with Crippen molar-refractivity contribution in [2.45, 2.75) is 18.0 Å². The van der Waals surface area contributed by atoms with Crippen molar-refractivity contribution in [3.05, 3.63) is 33.4 Å². The quantitative estimate of drug-likeness (QED) is 0.801. The van der Waals surface area contributed by atoms with Gasteiger partial charge in [-0.2, -0.15) is 18.3 Å². The van der Waals surface area contributed by atoms with Crippen LogP contribution in [0, 0.1) is 0 Å². The molecule has 0 spiro atoms. The number of carbonyl (C=O) groups is 1. The minimum Gasteiger partial charge on any atom is -0.383 e. The van der Waals surface area contributed by atoms with Gasteiger partial charge in [0.2, 0.25) is 0 Å². The number of nitrogen functional groups attached to an aromatic ring is 1. The maximum atomic E-state index is 12.8. The number of rotatable bonds is 4. The summed E-state index contributed by atoms with van der Waals surface area (Å²) in [5, 5.41) is 3.03. The number of nitrogens with zero attached hydrogens (tertiary/aromatic N) is 2. The summed E-state index contributed by atoms with van der Waals surface area (Å²) in [7, 11) is -1.69. The van der Waals surface area contributed by atoms with Gasteiger partial charge in [-0.1, -0.05) is 30.1 Å². The average molecular weight is 415 g/mol.